The van der Waals surface area contributed by atoms with E-state index >= 15 is 0 Å². The zero-order valence-corrected chi connectivity index (χ0v) is 11.8. The maximum atomic E-state index is 11.5. The quantitative estimate of drug-likeness (QED) is 0.848. The third-order valence-corrected chi connectivity index (χ3v) is 3.57. The van der Waals surface area contributed by atoms with E-state index in [0.29, 0.717) is 5.75 Å². The number of sulfone groups is 1. The van der Waals surface area contributed by atoms with Crippen LogP contribution in [0.5, 0.6) is 5.75 Å². The van der Waals surface area contributed by atoms with Crippen LogP contribution in [-0.4, -0.2) is 26.8 Å². The molecule has 7 heteroatoms. The minimum atomic E-state index is -3.62. The van der Waals surface area contributed by atoms with Gasteiger partial charge in [-0.25, -0.2) is 13.4 Å². The van der Waals surface area contributed by atoms with Crippen molar-refractivity contribution in [2.75, 3.05) is 13.4 Å². The number of nitriles is 1. The highest BCUT2D eigenvalue weighted by atomic mass is 32.2. The number of benzene rings is 1. The van der Waals surface area contributed by atoms with E-state index in [1.165, 1.54) is 7.11 Å². The Hall–Kier alpha value is -2.33. The smallest absolute Gasteiger partial charge is 0.256 e. The first-order valence-corrected chi connectivity index (χ1v) is 7.56. The summed E-state index contributed by atoms with van der Waals surface area (Å²) in [6.07, 6.45) is 1.22. The fourth-order valence-corrected chi connectivity index (χ4v) is 2.45. The zero-order chi connectivity index (χ0) is 14.8. The second kappa shape index (κ2) is 5.35. The van der Waals surface area contributed by atoms with Crippen LogP contribution in [0, 0.1) is 11.3 Å². The SMILES string of the molecule is COc1ccccc1Cc1nc(C#N)c(S(C)(=O)=O)o1. The molecule has 0 atom stereocenters. The second-order valence-electron chi connectivity index (χ2n) is 4.12. The Morgan fingerprint density at radius 3 is 2.65 bits per heavy atom. The van der Waals surface area contributed by atoms with Crippen LogP contribution in [0.2, 0.25) is 0 Å². The summed E-state index contributed by atoms with van der Waals surface area (Å²) in [6.45, 7) is 0. The molecule has 1 heterocycles. The summed E-state index contributed by atoms with van der Waals surface area (Å²) in [5.74, 6) is 0.802. The number of rotatable bonds is 4. The summed E-state index contributed by atoms with van der Waals surface area (Å²) in [5, 5.41) is 8.50. The molecule has 2 aromatic rings. The Morgan fingerprint density at radius 1 is 1.40 bits per heavy atom. The van der Waals surface area contributed by atoms with Crippen LogP contribution in [0.4, 0.5) is 0 Å². The third-order valence-electron chi connectivity index (χ3n) is 2.62. The lowest BCUT2D eigenvalue weighted by molar-refractivity contribution is 0.398. The van der Waals surface area contributed by atoms with E-state index in [2.05, 4.69) is 4.98 Å². The summed E-state index contributed by atoms with van der Waals surface area (Å²) in [6, 6.07) is 8.96. The molecule has 6 nitrogen and oxygen atoms in total. The van der Waals surface area contributed by atoms with Crippen LogP contribution in [0.3, 0.4) is 0 Å². The predicted molar refractivity (Wildman–Crippen MR) is 70.1 cm³/mol. The molecule has 0 N–H and O–H groups in total. The summed E-state index contributed by atoms with van der Waals surface area (Å²) in [7, 11) is -2.08. The number of aromatic nitrogens is 1. The summed E-state index contributed by atoms with van der Waals surface area (Å²) in [5.41, 5.74) is 0.568. The van der Waals surface area contributed by atoms with Crippen molar-refractivity contribution in [1.29, 1.82) is 5.26 Å². The number of hydrogen-bond donors (Lipinski definition) is 0. The molecule has 0 saturated heterocycles. The van der Waals surface area contributed by atoms with Gasteiger partial charge in [-0.2, -0.15) is 5.26 Å². The number of para-hydroxylation sites is 1. The second-order valence-corrected chi connectivity index (χ2v) is 6.03. The molecule has 104 valence electrons. The Labute approximate surface area is 116 Å². The van der Waals surface area contributed by atoms with Crippen molar-refractivity contribution in [3.63, 3.8) is 0 Å². The van der Waals surface area contributed by atoms with E-state index in [1.807, 2.05) is 18.2 Å². The van der Waals surface area contributed by atoms with Gasteiger partial charge in [-0.1, -0.05) is 18.2 Å². The van der Waals surface area contributed by atoms with Crippen LogP contribution in [-0.2, 0) is 16.3 Å². The molecular formula is C13H12N2O4S. The Morgan fingerprint density at radius 2 is 2.10 bits per heavy atom. The zero-order valence-electron chi connectivity index (χ0n) is 11.0. The van der Waals surface area contributed by atoms with Gasteiger partial charge in [0.15, 0.2) is 5.69 Å². The van der Waals surface area contributed by atoms with Gasteiger partial charge in [0.1, 0.15) is 11.8 Å². The van der Waals surface area contributed by atoms with E-state index in [4.69, 9.17) is 14.4 Å². The van der Waals surface area contributed by atoms with Crippen LogP contribution in [0.15, 0.2) is 33.8 Å². The highest BCUT2D eigenvalue weighted by Crippen LogP contribution is 2.23. The molecule has 1 aromatic heterocycles. The standard InChI is InChI=1S/C13H12N2O4S/c1-18-11-6-4-3-5-9(11)7-12-15-10(8-14)13(19-12)20(2,16)17/h3-6H,7H2,1-2H3. The molecule has 0 radical (unpaired) electrons. The van der Waals surface area contributed by atoms with Gasteiger partial charge in [0.05, 0.1) is 13.5 Å². The molecule has 0 aliphatic carbocycles. The van der Waals surface area contributed by atoms with Gasteiger partial charge in [-0.3, -0.25) is 0 Å². The monoisotopic (exact) mass is 292 g/mol. The molecule has 0 aliphatic heterocycles. The van der Waals surface area contributed by atoms with Crippen LogP contribution in [0.1, 0.15) is 17.1 Å². The number of hydrogen-bond acceptors (Lipinski definition) is 6. The van der Waals surface area contributed by atoms with Gasteiger partial charge in [-0.05, 0) is 6.07 Å². The van der Waals surface area contributed by atoms with Gasteiger partial charge in [0.25, 0.3) is 5.09 Å². The molecule has 2 rings (SSSR count). The lowest BCUT2D eigenvalue weighted by Crippen LogP contribution is -1.97. The predicted octanol–water partition coefficient (Wildman–Crippen LogP) is 1.55. The first-order valence-electron chi connectivity index (χ1n) is 5.67. The van der Waals surface area contributed by atoms with Crippen molar-refractivity contribution in [3.8, 4) is 11.8 Å². The minimum absolute atomic E-state index is 0.159. The first-order chi connectivity index (χ1) is 9.45. The van der Waals surface area contributed by atoms with Gasteiger partial charge in [-0.15, -0.1) is 0 Å². The summed E-state index contributed by atoms with van der Waals surface area (Å²) in [4.78, 5) is 3.90. The molecule has 0 amide bonds. The van der Waals surface area contributed by atoms with Crippen LogP contribution < -0.4 is 4.74 Å². The van der Waals surface area contributed by atoms with Gasteiger partial charge in [0, 0.05) is 11.8 Å². The van der Waals surface area contributed by atoms with Gasteiger partial charge < -0.3 is 9.15 Å². The van der Waals surface area contributed by atoms with Crippen LogP contribution in [0.25, 0.3) is 0 Å². The number of oxazole rings is 1. The van der Waals surface area contributed by atoms with Crippen molar-refractivity contribution in [2.45, 2.75) is 11.5 Å². The molecule has 1 aromatic carbocycles. The molecular weight excluding hydrogens is 280 g/mol. The lowest BCUT2D eigenvalue weighted by Gasteiger charge is -2.05. The molecule has 0 fully saturated rings. The van der Waals surface area contributed by atoms with E-state index in [0.717, 1.165) is 11.8 Å². The fourth-order valence-electron chi connectivity index (χ4n) is 1.76. The topological polar surface area (TPSA) is 93.2 Å². The average molecular weight is 292 g/mol. The highest BCUT2D eigenvalue weighted by molar-refractivity contribution is 7.90. The van der Waals surface area contributed by atoms with E-state index < -0.39 is 14.9 Å². The molecule has 0 unspecified atom stereocenters. The number of methoxy groups -OCH3 is 1. The molecule has 20 heavy (non-hydrogen) atoms. The van der Waals surface area contributed by atoms with Gasteiger partial charge >= 0.3 is 0 Å². The highest BCUT2D eigenvalue weighted by Gasteiger charge is 2.22. The van der Waals surface area contributed by atoms with Crippen LogP contribution >= 0.6 is 0 Å². The first kappa shape index (κ1) is 14.1. The van der Waals surface area contributed by atoms with Crippen molar-refractivity contribution in [3.05, 3.63) is 41.4 Å². The van der Waals surface area contributed by atoms with E-state index in [1.54, 1.807) is 12.1 Å². The fraction of sp³-hybridized carbons (Fsp3) is 0.231. The number of ether oxygens (including phenoxy) is 1. The summed E-state index contributed by atoms with van der Waals surface area (Å²) < 4.78 is 33.4. The van der Waals surface area contributed by atoms with Crippen molar-refractivity contribution in [1.82, 2.24) is 4.98 Å². The van der Waals surface area contributed by atoms with E-state index in [-0.39, 0.29) is 18.0 Å². The summed E-state index contributed by atoms with van der Waals surface area (Å²) >= 11 is 0. The maximum Gasteiger partial charge on any atom is 0.256 e. The number of nitrogens with zero attached hydrogens (tertiary/aromatic N) is 2. The molecule has 0 aliphatic rings. The van der Waals surface area contributed by atoms with Crippen molar-refractivity contribution >= 4 is 9.84 Å². The van der Waals surface area contributed by atoms with Crippen molar-refractivity contribution < 1.29 is 17.6 Å². The Bertz CT molecular complexity index is 772. The lowest BCUT2D eigenvalue weighted by atomic mass is 10.1. The Kier molecular flexibility index (Phi) is 3.77. The van der Waals surface area contributed by atoms with Gasteiger partial charge in [0.2, 0.25) is 15.7 Å². The largest absolute Gasteiger partial charge is 0.496 e. The Balaban J connectivity index is 2.41. The average Bonchev–Trinajstić information content (AvgIpc) is 2.82. The maximum absolute atomic E-state index is 11.5. The normalized spacial score (nSPS) is 11.1. The van der Waals surface area contributed by atoms with Crippen molar-refractivity contribution in [2.24, 2.45) is 0 Å². The molecule has 0 bridgehead atoms. The third kappa shape index (κ3) is 2.81. The molecule has 0 saturated carbocycles. The minimum Gasteiger partial charge on any atom is -0.496 e. The van der Waals surface area contributed by atoms with E-state index in [9.17, 15) is 8.42 Å². The molecule has 0 spiro atoms.